The number of alkyl halides is 3. The van der Waals surface area contributed by atoms with Crippen molar-refractivity contribution in [2.45, 2.75) is 44.3 Å². The molecule has 3 nitrogen and oxygen atoms in total. The highest BCUT2D eigenvalue weighted by Gasteiger charge is 2.40. The zero-order valence-electron chi connectivity index (χ0n) is 11.5. The fourth-order valence-corrected chi connectivity index (χ4v) is 2.83. The minimum Gasteiger partial charge on any atom is -0.405 e. The van der Waals surface area contributed by atoms with Gasteiger partial charge in [0.25, 0.3) is 0 Å². The third-order valence-corrected chi connectivity index (χ3v) is 3.98. The summed E-state index contributed by atoms with van der Waals surface area (Å²) >= 11 is 0. The Kier molecular flexibility index (Phi) is 4.08. The summed E-state index contributed by atoms with van der Waals surface area (Å²) in [4.78, 5) is 0. The molecule has 0 aromatic heterocycles. The summed E-state index contributed by atoms with van der Waals surface area (Å²) in [5.41, 5.74) is 0.510. The fourth-order valence-electron chi connectivity index (χ4n) is 2.83. The van der Waals surface area contributed by atoms with Crippen LogP contribution in [-0.4, -0.2) is 25.1 Å². The molecule has 2 fully saturated rings. The number of hydrogen-bond acceptors (Lipinski definition) is 3. The van der Waals surface area contributed by atoms with E-state index in [2.05, 4.69) is 10.1 Å². The Hall–Kier alpha value is -1.27. The van der Waals surface area contributed by atoms with Gasteiger partial charge in [-0.25, -0.2) is 0 Å². The van der Waals surface area contributed by atoms with E-state index >= 15 is 0 Å². The maximum absolute atomic E-state index is 12.4. The van der Waals surface area contributed by atoms with Crippen molar-refractivity contribution < 1.29 is 22.6 Å². The van der Waals surface area contributed by atoms with Crippen molar-refractivity contribution in [1.29, 1.82) is 0 Å². The van der Waals surface area contributed by atoms with Crippen molar-refractivity contribution in [2.75, 3.05) is 6.61 Å². The highest BCUT2D eigenvalue weighted by Crippen LogP contribution is 2.39. The van der Waals surface area contributed by atoms with Crippen LogP contribution in [0.15, 0.2) is 24.3 Å². The lowest BCUT2D eigenvalue weighted by Crippen LogP contribution is -2.37. The van der Waals surface area contributed by atoms with E-state index in [0.29, 0.717) is 18.0 Å². The second kappa shape index (κ2) is 5.85. The largest absolute Gasteiger partial charge is 0.573 e. The molecule has 3 rings (SSSR count). The smallest absolute Gasteiger partial charge is 0.405 e. The quantitative estimate of drug-likeness (QED) is 0.905. The Morgan fingerprint density at radius 3 is 2.67 bits per heavy atom. The van der Waals surface area contributed by atoms with Crippen LogP contribution in [0.4, 0.5) is 13.2 Å². The van der Waals surface area contributed by atoms with Crippen LogP contribution in [-0.2, 0) is 11.3 Å². The predicted octanol–water partition coefficient (Wildman–Crippen LogP) is 3.24. The Morgan fingerprint density at radius 2 is 1.95 bits per heavy atom. The molecule has 2 unspecified atom stereocenters. The first-order valence-corrected chi connectivity index (χ1v) is 7.21. The predicted molar refractivity (Wildman–Crippen MR) is 70.8 cm³/mol. The van der Waals surface area contributed by atoms with Crippen LogP contribution in [0.2, 0.25) is 0 Å². The molecule has 0 radical (unpaired) electrons. The first-order valence-electron chi connectivity index (χ1n) is 7.21. The minimum absolute atomic E-state index is 0.139. The molecule has 6 heteroatoms. The molecule has 1 aliphatic carbocycles. The molecule has 1 saturated carbocycles. The molecule has 1 saturated heterocycles. The van der Waals surface area contributed by atoms with Crippen LogP contribution in [0.3, 0.4) is 0 Å². The second-order valence-corrected chi connectivity index (χ2v) is 5.60. The second-order valence-electron chi connectivity index (χ2n) is 5.60. The Balaban J connectivity index is 1.62. The van der Waals surface area contributed by atoms with Crippen LogP contribution < -0.4 is 10.1 Å². The van der Waals surface area contributed by atoms with Gasteiger partial charge in [-0.15, -0.1) is 13.2 Å². The molecule has 1 N–H and O–H groups in total. The van der Waals surface area contributed by atoms with Crippen molar-refractivity contribution in [3.63, 3.8) is 0 Å². The number of para-hydroxylation sites is 1. The van der Waals surface area contributed by atoms with E-state index in [-0.39, 0.29) is 17.9 Å². The van der Waals surface area contributed by atoms with Crippen molar-refractivity contribution >= 4 is 0 Å². The highest BCUT2D eigenvalue weighted by atomic mass is 19.4. The molecule has 1 aromatic carbocycles. The number of halogens is 3. The van der Waals surface area contributed by atoms with E-state index in [4.69, 9.17) is 4.74 Å². The van der Waals surface area contributed by atoms with E-state index < -0.39 is 6.36 Å². The van der Waals surface area contributed by atoms with Crippen LogP contribution in [0.5, 0.6) is 5.75 Å². The monoisotopic (exact) mass is 301 g/mol. The molecule has 0 spiro atoms. The van der Waals surface area contributed by atoms with Gasteiger partial charge in [0.1, 0.15) is 5.75 Å². The zero-order valence-corrected chi connectivity index (χ0v) is 11.5. The summed E-state index contributed by atoms with van der Waals surface area (Å²) in [5.74, 6) is 0.478. The molecular formula is C15H18F3NO2. The van der Waals surface area contributed by atoms with Gasteiger partial charge in [0, 0.05) is 24.8 Å². The average Bonchev–Trinajstić information content (AvgIpc) is 3.15. The Bertz CT molecular complexity index is 488. The van der Waals surface area contributed by atoms with Gasteiger partial charge in [-0.1, -0.05) is 18.2 Å². The number of rotatable bonds is 5. The van der Waals surface area contributed by atoms with Crippen LogP contribution in [0, 0.1) is 5.92 Å². The van der Waals surface area contributed by atoms with Crippen molar-refractivity contribution in [2.24, 2.45) is 5.92 Å². The van der Waals surface area contributed by atoms with Gasteiger partial charge < -0.3 is 14.8 Å². The lowest BCUT2D eigenvalue weighted by molar-refractivity contribution is -0.274. The average molecular weight is 301 g/mol. The summed E-state index contributed by atoms with van der Waals surface area (Å²) in [5, 5.41) is 3.32. The Labute approximate surface area is 121 Å². The minimum atomic E-state index is -4.66. The van der Waals surface area contributed by atoms with Crippen molar-refractivity contribution in [3.05, 3.63) is 29.8 Å². The molecular weight excluding hydrogens is 283 g/mol. The summed E-state index contributed by atoms with van der Waals surface area (Å²) in [7, 11) is 0. The number of ether oxygens (including phenoxy) is 2. The topological polar surface area (TPSA) is 30.5 Å². The summed E-state index contributed by atoms with van der Waals surface area (Å²) in [6.45, 7) is 1.07. The first kappa shape index (κ1) is 14.7. The standard InChI is InChI=1S/C15H18F3NO2/c16-15(17,18)21-13-4-2-1-3-11(13)9-19-12-7-8-20-14(12)10-5-6-10/h1-4,10,12,14,19H,5-9H2. The number of hydrogen-bond donors (Lipinski definition) is 1. The van der Waals surface area contributed by atoms with E-state index in [9.17, 15) is 13.2 Å². The maximum atomic E-state index is 12.4. The highest BCUT2D eigenvalue weighted by molar-refractivity contribution is 5.33. The van der Waals surface area contributed by atoms with Gasteiger partial charge in [-0.05, 0) is 31.2 Å². The summed E-state index contributed by atoms with van der Waals surface area (Å²) < 4.78 is 46.9. The van der Waals surface area contributed by atoms with Gasteiger partial charge in [-0.3, -0.25) is 0 Å². The maximum Gasteiger partial charge on any atom is 0.573 e. The molecule has 1 aliphatic heterocycles. The molecule has 0 amide bonds. The van der Waals surface area contributed by atoms with E-state index in [1.54, 1.807) is 12.1 Å². The van der Waals surface area contributed by atoms with Crippen molar-refractivity contribution in [3.8, 4) is 5.75 Å². The van der Waals surface area contributed by atoms with Crippen LogP contribution >= 0.6 is 0 Å². The van der Waals surface area contributed by atoms with Gasteiger partial charge in [0.15, 0.2) is 0 Å². The van der Waals surface area contributed by atoms with Crippen LogP contribution in [0.25, 0.3) is 0 Å². The number of benzene rings is 1. The fraction of sp³-hybridized carbons (Fsp3) is 0.600. The van der Waals surface area contributed by atoms with Crippen molar-refractivity contribution in [1.82, 2.24) is 5.32 Å². The molecule has 2 atom stereocenters. The van der Waals surface area contributed by atoms with Crippen LogP contribution in [0.1, 0.15) is 24.8 Å². The normalized spacial score (nSPS) is 26.0. The van der Waals surface area contributed by atoms with E-state index in [1.165, 1.54) is 25.0 Å². The summed E-state index contributed by atoms with van der Waals surface area (Å²) in [6, 6.07) is 6.46. The third-order valence-electron chi connectivity index (χ3n) is 3.98. The SMILES string of the molecule is FC(F)(F)Oc1ccccc1CNC1CCOC1C1CC1. The zero-order chi connectivity index (χ0) is 14.9. The van der Waals surface area contributed by atoms with Gasteiger partial charge in [0.2, 0.25) is 0 Å². The molecule has 1 aromatic rings. The summed E-state index contributed by atoms with van der Waals surface area (Å²) in [6.07, 6.45) is -1.17. The molecule has 116 valence electrons. The molecule has 0 bridgehead atoms. The van der Waals surface area contributed by atoms with Gasteiger partial charge >= 0.3 is 6.36 Å². The first-order chi connectivity index (χ1) is 10.0. The third kappa shape index (κ3) is 3.89. The van der Waals surface area contributed by atoms with Gasteiger partial charge in [-0.2, -0.15) is 0 Å². The molecule has 1 heterocycles. The molecule has 21 heavy (non-hydrogen) atoms. The lowest BCUT2D eigenvalue weighted by atomic mass is 10.1. The number of nitrogens with one attached hydrogen (secondary N) is 1. The Morgan fingerprint density at radius 1 is 1.19 bits per heavy atom. The lowest BCUT2D eigenvalue weighted by Gasteiger charge is -2.20. The van der Waals surface area contributed by atoms with Gasteiger partial charge in [0.05, 0.1) is 6.10 Å². The van der Waals surface area contributed by atoms with E-state index in [1.807, 2.05) is 0 Å². The van der Waals surface area contributed by atoms with E-state index in [0.717, 1.165) is 13.0 Å². The molecule has 2 aliphatic rings.